The average molecular weight is 463 g/mol. The molecular formula is C21H20ClFN4O3S. The maximum atomic E-state index is 13.1. The first-order valence-electron chi connectivity index (χ1n) is 9.70. The van der Waals surface area contributed by atoms with Gasteiger partial charge in [0.05, 0.1) is 22.3 Å². The number of aromatic nitrogens is 2. The van der Waals surface area contributed by atoms with Crippen molar-refractivity contribution in [2.45, 2.75) is 11.3 Å². The molecule has 1 fully saturated rings. The maximum Gasteiger partial charge on any atom is 0.257 e. The summed E-state index contributed by atoms with van der Waals surface area (Å²) in [6.45, 7) is 1.13. The molecule has 0 spiro atoms. The van der Waals surface area contributed by atoms with E-state index in [1.165, 1.54) is 22.6 Å². The van der Waals surface area contributed by atoms with E-state index in [0.29, 0.717) is 23.6 Å². The lowest BCUT2D eigenvalue weighted by Gasteiger charge is -2.21. The lowest BCUT2D eigenvalue weighted by atomic mass is 10.3. The number of hydrogen-bond donors (Lipinski definition) is 0. The van der Waals surface area contributed by atoms with Crippen molar-refractivity contribution < 1.29 is 17.6 Å². The van der Waals surface area contributed by atoms with E-state index in [9.17, 15) is 17.6 Å². The molecule has 1 amide bonds. The highest BCUT2D eigenvalue weighted by atomic mass is 35.5. The van der Waals surface area contributed by atoms with Gasteiger partial charge in [-0.1, -0.05) is 11.6 Å². The molecule has 0 atom stereocenters. The van der Waals surface area contributed by atoms with Gasteiger partial charge in [-0.2, -0.15) is 9.40 Å². The first-order valence-corrected chi connectivity index (χ1v) is 11.5. The molecule has 2 aromatic carbocycles. The highest BCUT2D eigenvalue weighted by molar-refractivity contribution is 7.89. The van der Waals surface area contributed by atoms with Gasteiger partial charge in [-0.3, -0.25) is 4.79 Å². The molecule has 162 valence electrons. The van der Waals surface area contributed by atoms with Gasteiger partial charge in [0, 0.05) is 37.4 Å². The standard InChI is InChI=1S/C21H20ClFN4O3S/c22-17-2-6-19(7-3-17)27-15-16(14-24-27)21(28)25-10-1-11-26(13-12-25)31(29,30)20-8-4-18(23)5-9-20/h2-9,14-15H,1,10-13H2. The SMILES string of the molecule is O=C(c1cnn(-c2ccc(Cl)cc2)c1)N1CCCN(S(=O)(=O)c2ccc(F)cc2)CC1. The van der Waals surface area contributed by atoms with Gasteiger partial charge < -0.3 is 4.90 Å². The van der Waals surface area contributed by atoms with Crippen molar-refractivity contribution in [3.05, 3.63) is 77.3 Å². The Bertz CT molecular complexity index is 1180. The van der Waals surface area contributed by atoms with Gasteiger partial charge in [-0.25, -0.2) is 17.5 Å². The number of carbonyl (C=O) groups excluding carboxylic acids is 1. The summed E-state index contributed by atoms with van der Waals surface area (Å²) < 4.78 is 41.8. The molecule has 4 rings (SSSR count). The van der Waals surface area contributed by atoms with Crippen LogP contribution < -0.4 is 0 Å². The lowest BCUT2D eigenvalue weighted by molar-refractivity contribution is 0.0764. The lowest BCUT2D eigenvalue weighted by Crippen LogP contribution is -2.37. The monoisotopic (exact) mass is 462 g/mol. The maximum absolute atomic E-state index is 13.1. The quantitative estimate of drug-likeness (QED) is 0.596. The summed E-state index contributed by atoms with van der Waals surface area (Å²) in [5.74, 6) is -0.702. The van der Waals surface area contributed by atoms with Crippen molar-refractivity contribution in [2.75, 3.05) is 26.2 Å². The molecule has 2 heterocycles. The first kappa shape index (κ1) is 21.5. The van der Waals surface area contributed by atoms with E-state index in [1.54, 1.807) is 40.0 Å². The number of rotatable bonds is 4. The van der Waals surface area contributed by atoms with Crippen LogP contribution in [0.1, 0.15) is 16.8 Å². The minimum Gasteiger partial charge on any atom is -0.337 e. The van der Waals surface area contributed by atoms with E-state index in [1.807, 2.05) is 0 Å². The van der Waals surface area contributed by atoms with Crippen molar-refractivity contribution in [3.63, 3.8) is 0 Å². The second kappa shape index (κ2) is 8.78. The summed E-state index contributed by atoms with van der Waals surface area (Å²) in [7, 11) is -3.75. The summed E-state index contributed by atoms with van der Waals surface area (Å²) in [5, 5.41) is 4.85. The Kier molecular flexibility index (Phi) is 6.08. The zero-order valence-corrected chi connectivity index (χ0v) is 18.1. The molecule has 3 aromatic rings. The van der Waals surface area contributed by atoms with Crippen molar-refractivity contribution in [3.8, 4) is 5.69 Å². The Morgan fingerprint density at radius 3 is 2.39 bits per heavy atom. The van der Waals surface area contributed by atoms with E-state index in [2.05, 4.69) is 5.10 Å². The Balaban J connectivity index is 1.46. The second-order valence-corrected chi connectivity index (χ2v) is 9.53. The molecule has 0 aliphatic carbocycles. The number of hydrogen-bond acceptors (Lipinski definition) is 4. The van der Waals surface area contributed by atoms with Crippen LogP contribution >= 0.6 is 11.6 Å². The summed E-state index contributed by atoms with van der Waals surface area (Å²) in [5.41, 5.74) is 1.20. The Morgan fingerprint density at radius 1 is 0.968 bits per heavy atom. The highest BCUT2D eigenvalue weighted by Gasteiger charge is 2.29. The van der Waals surface area contributed by atoms with Crippen molar-refractivity contribution in [1.82, 2.24) is 19.0 Å². The van der Waals surface area contributed by atoms with E-state index < -0.39 is 15.8 Å². The predicted molar refractivity (Wildman–Crippen MR) is 114 cm³/mol. The van der Waals surface area contributed by atoms with Gasteiger partial charge in [0.15, 0.2) is 0 Å². The Morgan fingerprint density at radius 2 is 1.68 bits per heavy atom. The van der Waals surface area contributed by atoms with Gasteiger partial charge in [0.2, 0.25) is 10.0 Å². The molecule has 0 saturated carbocycles. The van der Waals surface area contributed by atoms with Crippen LogP contribution in [-0.2, 0) is 10.0 Å². The van der Waals surface area contributed by atoms with E-state index >= 15 is 0 Å². The number of carbonyl (C=O) groups is 1. The molecule has 1 aromatic heterocycles. The van der Waals surface area contributed by atoms with Crippen LogP contribution in [0.3, 0.4) is 0 Å². The first-order chi connectivity index (χ1) is 14.8. The molecule has 0 bridgehead atoms. The van der Waals surface area contributed by atoms with Crippen LogP contribution in [-0.4, -0.2) is 59.5 Å². The molecule has 1 saturated heterocycles. The summed E-state index contributed by atoms with van der Waals surface area (Å²) in [4.78, 5) is 14.6. The van der Waals surface area contributed by atoms with Crippen LogP contribution in [0.5, 0.6) is 0 Å². The molecule has 0 unspecified atom stereocenters. The van der Waals surface area contributed by atoms with Crippen molar-refractivity contribution in [1.29, 1.82) is 0 Å². The van der Waals surface area contributed by atoms with Gasteiger partial charge in [-0.15, -0.1) is 0 Å². The van der Waals surface area contributed by atoms with Gasteiger partial charge in [0.1, 0.15) is 5.82 Å². The molecular weight excluding hydrogens is 443 g/mol. The average Bonchev–Trinajstić information content (AvgIpc) is 3.11. The zero-order valence-electron chi connectivity index (χ0n) is 16.5. The number of amides is 1. The Labute approximate surface area is 184 Å². The van der Waals surface area contributed by atoms with E-state index in [4.69, 9.17) is 11.6 Å². The minimum absolute atomic E-state index is 0.0397. The van der Waals surface area contributed by atoms with Crippen LogP contribution in [0.15, 0.2) is 65.8 Å². The molecule has 1 aliphatic rings. The minimum atomic E-state index is -3.75. The highest BCUT2D eigenvalue weighted by Crippen LogP contribution is 2.19. The smallest absolute Gasteiger partial charge is 0.257 e. The van der Waals surface area contributed by atoms with Crippen molar-refractivity contribution >= 4 is 27.5 Å². The summed E-state index contributed by atoms with van der Waals surface area (Å²) >= 11 is 5.91. The second-order valence-electron chi connectivity index (χ2n) is 7.15. The molecule has 7 nitrogen and oxygen atoms in total. The number of nitrogens with zero attached hydrogens (tertiary/aromatic N) is 4. The van der Waals surface area contributed by atoms with E-state index in [0.717, 1.165) is 17.8 Å². The Hall–Kier alpha value is -2.75. The topological polar surface area (TPSA) is 75.5 Å². The van der Waals surface area contributed by atoms with E-state index in [-0.39, 0.29) is 30.4 Å². The van der Waals surface area contributed by atoms with Gasteiger partial charge >= 0.3 is 0 Å². The third-order valence-electron chi connectivity index (χ3n) is 5.11. The summed E-state index contributed by atoms with van der Waals surface area (Å²) in [6.07, 6.45) is 3.63. The summed E-state index contributed by atoms with van der Waals surface area (Å²) in [6, 6.07) is 11.8. The fourth-order valence-corrected chi connectivity index (χ4v) is 5.04. The molecule has 1 aliphatic heterocycles. The van der Waals surface area contributed by atoms with Crippen LogP contribution in [0, 0.1) is 5.82 Å². The fourth-order valence-electron chi connectivity index (χ4n) is 3.44. The molecule has 0 radical (unpaired) electrons. The zero-order chi connectivity index (χ0) is 22.0. The third-order valence-corrected chi connectivity index (χ3v) is 7.28. The van der Waals surface area contributed by atoms with Crippen LogP contribution in [0.25, 0.3) is 5.69 Å². The normalized spacial score (nSPS) is 15.6. The van der Waals surface area contributed by atoms with Crippen molar-refractivity contribution in [2.24, 2.45) is 0 Å². The number of halogens is 2. The third kappa shape index (κ3) is 4.63. The molecule has 10 heteroatoms. The predicted octanol–water partition coefficient (Wildman–Crippen LogP) is 3.20. The number of benzene rings is 2. The van der Waals surface area contributed by atoms with Gasteiger partial charge in [0.25, 0.3) is 5.91 Å². The molecule has 0 N–H and O–H groups in total. The number of sulfonamides is 1. The van der Waals surface area contributed by atoms with Crippen LogP contribution in [0.2, 0.25) is 5.02 Å². The largest absolute Gasteiger partial charge is 0.337 e. The fraction of sp³-hybridized carbons (Fsp3) is 0.238. The van der Waals surface area contributed by atoms with Crippen LogP contribution in [0.4, 0.5) is 4.39 Å². The molecule has 31 heavy (non-hydrogen) atoms. The van der Waals surface area contributed by atoms with Gasteiger partial charge in [-0.05, 0) is 55.0 Å².